The van der Waals surface area contributed by atoms with Gasteiger partial charge in [0, 0.05) is 42.0 Å². The highest BCUT2D eigenvalue weighted by Gasteiger charge is 2.52. The summed E-state index contributed by atoms with van der Waals surface area (Å²) in [5.41, 5.74) is -2.38. The van der Waals surface area contributed by atoms with Crippen LogP contribution < -0.4 is 0 Å². The fourth-order valence-electron chi connectivity index (χ4n) is 7.68. The van der Waals surface area contributed by atoms with Gasteiger partial charge in [-0.1, -0.05) is 12.1 Å². The Morgan fingerprint density at radius 3 is 2.35 bits per heavy atom. The Hall–Kier alpha value is -3.43. The summed E-state index contributed by atoms with van der Waals surface area (Å²) in [5.74, 6) is -4.49. The maximum absolute atomic E-state index is 13.8. The summed E-state index contributed by atoms with van der Waals surface area (Å²) in [7, 11) is 4.98. The number of carbonyl (C=O) groups is 3. The van der Waals surface area contributed by atoms with E-state index in [9.17, 15) is 34.8 Å². The average Bonchev–Trinajstić information content (AvgIpc) is 3.01. The zero-order chi connectivity index (χ0) is 34.8. The highest BCUT2D eigenvalue weighted by atomic mass is 16.7. The lowest BCUT2D eigenvalue weighted by Gasteiger charge is -2.47. The molecule has 0 amide bonds. The van der Waals surface area contributed by atoms with Crippen molar-refractivity contribution in [3.8, 4) is 11.5 Å². The summed E-state index contributed by atoms with van der Waals surface area (Å²) >= 11 is 0. The molecule has 13 heteroatoms. The maximum Gasteiger partial charge on any atom is 0.316 e. The second-order valence-electron chi connectivity index (χ2n) is 13.7. The Morgan fingerprint density at radius 1 is 0.979 bits per heavy atom. The van der Waals surface area contributed by atoms with Crippen molar-refractivity contribution >= 4 is 17.5 Å². The molecule has 0 aromatic heterocycles. The number of rotatable bonds is 6. The standard InChI is InChI=1S/C35H43NO12/c1-15-21(37)10-11-24(45-15)48-33-16(2)46-25(13-20(33)36(4)5)47-23-14-35(3,43)29(34(42)44-6)18-12-19-28(32(41)27(18)23)31(40)26-17(30(19)39)8-7-9-22(26)38/h7-9,12,15-16,20-21,23-25,29,33,37-38,41,43H,10-11,13-14H2,1-6H3. The van der Waals surface area contributed by atoms with Crippen LogP contribution in [0.1, 0.15) is 101 Å². The van der Waals surface area contributed by atoms with E-state index in [1.807, 2.05) is 25.9 Å². The van der Waals surface area contributed by atoms with E-state index < -0.39 is 77.5 Å². The number of aliphatic hydroxyl groups is 2. The number of aromatic hydroxyl groups is 2. The molecule has 0 bridgehead atoms. The number of likely N-dealkylation sites (N-methyl/N-ethyl adjacent to an activating group) is 1. The Morgan fingerprint density at radius 2 is 1.69 bits per heavy atom. The number of fused-ring (bicyclic) bond motifs is 3. The predicted octanol–water partition coefficient (Wildman–Crippen LogP) is 2.68. The number of benzene rings is 2. The fourth-order valence-corrected chi connectivity index (χ4v) is 7.68. The van der Waals surface area contributed by atoms with E-state index in [0.717, 1.165) is 0 Å². The molecule has 4 N–H and O–H groups in total. The first kappa shape index (κ1) is 34.4. The summed E-state index contributed by atoms with van der Waals surface area (Å²) < 4.78 is 30.1. The van der Waals surface area contributed by atoms with Crippen molar-refractivity contribution < 1.29 is 58.5 Å². The van der Waals surface area contributed by atoms with Crippen LogP contribution in [0.3, 0.4) is 0 Å². The molecule has 6 rings (SSSR count). The summed E-state index contributed by atoms with van der Waals surface area (Å²) in [6.07, 6.45) is -3.14. The zero-order valence-corrected chi connectivity index (χ0v) is 27.8. The molecule has 2 aromatic carbocycles. The van der Waals surface area contributed by atoms with Crippen molar-refractivity contribution in [1.82, 2.24) is 4.90 Å². The van der Waals surface area contributed by atoms with Gasteiger partial charge in [-0.2, -0.15) is 0 Å². The largest absolute Gasteiger partial charge is 0.507 e. The topological polar surface area (TPSA) is 182 Å². The Balaban J connectivity index is 1.36. The molecule has 2 aromatic rings. The van der Waals surface area contributed by atoms with Gasteiger partial charge in [-0.3, -0.25) is 14.4 Å². The quantitative estimate of drug-likeness (QED) is 0.282. The average molecular weight is 670 g/mol. The Labute approximate surface area is 278 Å². The summed E-state index contributed by atoms with van der Waals surface area (Å²) in [6.45, 7) is 5.09. The van der Waals surface area contributed by atoms with Gasteiger partial charge < -0.3 is 49.0 Å². The minimum atomic E-state index is -1.75. The van der Waals surface area contributed by atoms with Crippen molar-refractivity contribution in [2.45, 2.75) is 107 Å². The van der Waals surface area contributed by atoms with E-state index in [1.54, 1.807) is 6.92 Å². The fraction of sp³-hybridized carbons (Fsp3) is 0.571. The number of nitrogens with zero attached hydrogens (tertiary/aromatic N) is 1. The molecular formula is C35H43NO12. The van der Waals surface area contributed by atoms with Gasteiger partial charge in [0.25, 0.3) is 0 Å². The van der Waals surface area contributed by atoms with Crippen LogP contribution in [-0.2, 0) is 28.5 Å². The van der Waals surface area contributed by atoms with E-state index in [4.69, 9.17) is 23.7 Å². The second-order valence-corrected chi connectivity index (χ2v) is 13.7. The molecule has 2 aliphatic carbocycles. The Bertz CT molecular complexity index is 1620. The van der Waals surface area contributed by atoms with E-state index in [2.05, 4.69) is 0 Å². The van der Waals surface area contributed by atoms with Crippen LogP contribution in [0.15, 0.2) is 24.3 Å². The van der Waals surface area contributed by atoms with Crippen molar-refractivity contribution in [1.29, 1.82) is 0 Å². The summed E-state index contributed by atoms with van der Waals surface area (Å²) in [6, 6.07) is 5.24. The van der Waals surface area contributed by atoms with Gasteiger partial charge in [-0.15, -0.1) is 0 Å². The number of hydrogen-bond donors (Lipinski definition) is 4. The molecule has 48 heavy (non-hydrogen) atoms. The second kappa shape index (κ2) is 12.8. The van der Waals surface area contributed by atoms with Crippen molar-refractivity contribution in [2.75, 3.05) is 21.2 Å². The summed E-state index contributed by atoms with van der Waals surface area (Å²) in [4.78, 5) is 42.5. The van der Waals surface area contributed by atoms with Gasteiger partial charge in [0.2, 0.25) is 5.78 Å². The lowest BCUT2D eigenvalue weighted by Crippen LogP contribution is -2.56. The molecule has 10 unspecified atom stereocenters. The Kier molecular flexibility index (Phi) is 9.18. The SMILES string of the molecule is COC(=O)C1c2cc3c(c(O)c2C(OC2CC(N(C)C)C(OC4CCC(O)C(C)O4)C(C)O2)CC1(C)O)C(=O)c1c(O)cccc1C3=O. The highest BCUT2D eigenvalue weighted by Crippen LogP contribution is 2.53. The number of ketones is 2. The molecule has 2 heterocycles. The summed E-state index contributed by atoms with van der Waals surface area (Å²) in [5, 5.41) is 44.1. The van der Waals surface area contributed by atoms with Crippen LogP contribution >= 0.6 is 0 Å². The van der Waals surface area contributed by atoms with Crippen LogP contribution in [0.4, 0.5) is 0 Å². The minimum absolute atomic E-state index is 0.0443. The normalized spacial score (nSPS) is 34.7. The van der Waals surface area contributed by atoms with Crippen molar-refractivity contribution in [2.24, 2.45) is 0 Å². The molecule has 260 valence electrons. The number of phenols is 2. The van der Waals surface area contributed by atoms with Crippen LogP contribution in [0, 0.1) is 0 Å². The lowest BCUT2D eigenvalue weighted by molar-refractivity contribution is -0.302. The van der Waals surface area contributed by atoms with Crippen LogP contribution in [0.2, 0.25) is 0 Å². The van der Waals surface area contributed by atoms with Crippen LogP contribution in [0.5, 0.6) is 11.5 Å². The zero-order valence-electron chi connectivity index (χ0n) is 27.8. The molecule has 0 spiro atoms. The molecular weight excluding hydrogens is 626 g/mol. The first-order valence-corrected chi connectivity index (χ1v) is 16.2. The number of carbonyl (C=O) groups excluding carboxylic acids is 3. The number of methoxy groups -OCH3 is 1. The van der Waals surface area contributed by atoms with Gasteiger partial charge >= 0.3 is 5.97 Å². The molecule has 2 aliphatic heterocycles. The molecule has 13 nitrogen and oxygen atoms in total. The van der Waals surface area contributed by atoms with E-state index in [-0.39, 0.29) is 51.9 Å². The van der Waals surface area contributed by atoms with Gasteiger partial charge in [0.15, 0.2) is 18.4 Å². The third-order valence-electron chi connectivity index (χ3n) is 10.2. The smallest absolute Gasteiger partial charge is 0.316 e. The van der Waals surface area contributed by atoms with Gasteiger partial charge in [-0.05, 0) is 59.0 Å². The van der Waals surface area contributed by atoms with Gasteiger partial charge in [0.1, 0.15) is 23.5 Å². The van der Waals surface area contributed by atoms with E-state index in [1.165, 1.54) is 38.3 Å². The monoisotopic (exact) mass is 669 g/mol. The first-order valence-electron chi connectivity index (χ1n) is 16.2. The number of aliphatic hydroxyl groups excluding tert-OH is 1. The molecule has 2 saturated heterocycles. The molecule has 10 atom stereocenters. The van der Waals surface area contributed by atoms with Crippen LogP contribution in [0.25, 0.3) is 0 Å². The highest BCUT2D eigenvalue weighted by molar-refractivity contribution is 6.30. The van der Waals surface area contributed by atoms with Gasteiger partial charge in [-0.25, -0.2) is 0 Å². The molecule has 0 saturated carbocycles. The van der Waals surface area contributed by atoms with Crippen molar-refractivity contribution in [3.63, 3.8) is 0 Å². The molecule has 4 aliphatic rings. The van der Waals surface area contributed by atoms with Crippen LogP contribution in [-0.4, -0.2) is 113 Å². The predicted molar refractivity (Wildman–Crippen MR) is 168 cm³/mol. The minimum Gasteiger partial charge on any atom is -0.507 e. The molecule has 0 radical (unpaired) electrons. The van der Waals surface area contributed by atoms with E-state index >= 15 is 0 Å². The third kappa shape index (κ3) is 5.81. The number of hydrogen-bond acceptors (Lipinski definition) is 13. The molecule has 2 fully saturated rings. The number of esters is 1. The van der Waals surface area contributed by atoms with Crippen molar-refractivity contribution in [3.05, 3.63) is 57.6 Å². The number of phenolic OH excluding ortho intramolecular Hbond substituents is 2. The third-order valence-corrected chi connectivity index (χ3v) is 10.2. The lowest BCUT2D eigenvalue weighted by atomic mass is 9.68. The van der Waals surface area contributed by atoms with Gasteiger partial charge in [0.05, 0.1) is 48.3 Å². The van der Waals surface area contributed by atoms with E-state index in [0.29, 0.717) is 19.3 Å². The maximum atomic E-state index is 13.8. The first-order chi connectivity index (χ1) is 22.6. The number of ether oxygens (including phenoxy) is 5.